The summed E-state index contributed by atoms with van der Waals surface area (Å²) in [5.41, 5.74) is 1.15. The number of nitrogens with zero attached hydrogens (tertiary/aromatic N) is 1. The van der Waals surface area contributed by atoms with Crippen LogP contribution in [0.1, 0.15) is 18.5 Å². The second kappa shape index (κ2) is 3.53. The van der Waals surface area contributed by atoms with Crippen LogP contribution in [0.2, 0.25) is 0 Å². The zero-order valence-corrected chi connectivity index (χ0v) is 8.74. The molecular weight excluding hydrogens is 260 g/mol. The Labute approximate surface area is 76.7 Å². The van der Waals surface area contributed by atoms with Crippen molar-refractivity contribution in [3.8, 4) is 0 Å². The second-order valence-electron chi connectivity index (χ2n) is 2.19. The summed E-state index contributed by atoms with van der Waals surface area (Å²) in [6.45, 7) is 2.13. The zero-order valence-electron chi connectivity index (χ0n) is 5.56. The number of alkyl halides is 1. The van der Waals surface area contributed by atoms with Crippen molar-refractivity contribution >= 4 is 31.9 Å². The number of aromatic nitrogens is 2. The zero-order chi connectivity index (χ0) is 7.56. The van der Waals surface area contributed by atoms with Crippen molar-refractivity contribution in [3.05, 3.63) is 16.4 Å². The number of aromatic amines is 1. The van der Waals surface area contributed by atoms with E-state index in [0.717, 1.165) is 15.5 Å². The minimum absolute atomic E-state index is 0.483. The van der Waals surface area contributed by atoms with Gasteiger partial charge < -0.3 is 0 Å². The van der Waals surface area contributed by atoms with Crippen LogP contribution < -0.4 is 0 Å². The van der Waals surface area contributed by atoms with Crippen molar-refractivity contribution < 1.29 is 0 Å². The van der Waals surface area contributed by atoms with E-state index < -0.39 is 0 Å². The molecule has 0 fully saturated rings. The Morgan fingerprint density at radius 3 is 2.90 bits per heavy atom. The summed E-state index contributed by atoms with van der Waals surface area (Å²) in [5.74, 6) is 0.483. The van der Waals surface area contributed by atoms with Gasteiger partial charge in [0.1, 0.15) is 0 Å². The molecule has 2 nitrogen and oxygen atoms in total. The lowest BCUT2D eigenvalue weighted by Gasteiger charge is -2.03. The highest BCUT2D eigenvalue weighted by Crippen LogP contribution is 2.22. The lowest BCUT2D eigenvalue weighted by molar-refractivity contribution is 0.823. The molecule has 1 unspecified atom stereocenters. The van der Waals surface area contributed by atoms with E-state index in [1.807, 2.05) is 0 Å². The molecule has 1 aromatic heterocycles. The summed E-state index contributed by atoms with van der Waals surface area (Å²) in [4.78, 5) is 0. The van der Waals surface area contributed by atoms with Crippen molar-refractivity contribution in [2.75, 3.05) is 5.33 Å². The third-order valence-corrected chi connectivity index (χ3v) is 2.95. The van der Waals surface area contributed by atoms with Crippen molar-refractivity contribution in [2.45, 2.75) is 12.8 Å². The van der Waals surface area contributed by atoms with Gasteiger partial charge in [0, 0.05) is 11.2 Å². The van der Waals surface area contributed by atoms with Crippen molar-refractivity contribution in [3.63, 3.8) is 0 Å². The fraction of sp³-hybridized carbons (Fsp3) is 0.500. The maximum Gasteiger partial charge on any atom is 0.0632 e. The Bertz CT molecular complexity index is 209. The summed E-state index contributed by atoms with van der Waals surface area (Å²) >= 11 is 6.79. The van der Waals surface area contributed by atoms with Crippen molar-refractivity contribution in [2.24, 2.45) is 0 Å². The highest BCUT2D eigenvalue weighted by molar-refractivity contribution is 9.10. The molecule has 0 aliphatic rings. The summed E-state index contributed by atoms with van der Waals surface area (Å²) in [6.07, 6.45) is 1.77. The highest BCUT2D eigenvalue weighted by atomic mass is 79.9. The maximum atomic E-state index is 3.90. The van der Waals surface area contributed by atoms with Crippen LogP contribution in [-0.4, -0.2) is 15.5 Å². The SMILES string of the molecule is CC(CBr)c1[nH]ncc1Br. The van der Waals surface area contributed by atoms with Crippen LogP contribution in [0.15, 0.2) is 10.7 Å². The number of rotatable bonds is 2. The minimum Gasteiger partial charge on any atom is -0.281 e. The van der Waals surface area contributed by atoms with Gasteiger partial charge in [-0.3, -0.25) is 5.10 Å². The van der Waals surface area contributed by atoms with Crippen LogP contribution in [0.4, 0.5) is 0 Å². The van der Waals surface area contributed by atoms with Crippen LogP contribution >= 0.6 is 31.9 Å². The highest BCUT2D eigenvalue weighted by Gasteiger charge is 2.08. The lowest BCUT2D eigenvalue weighted by atomic mass is 10.1. The van der Waals surface area contributed by atoms with Gasteiger partial charge in [0.15, 0.2) is 0 Å². The largest absolute Gasteiger partial charge is 0.281 e. The minimum atomic E-state index is 0.483. The molecule has 1 atom stereocenters. The number of hydrogen-bond donors (Lipinski definition) is 1. The molecule has 1 N–H and O–H groups in total. The van der Waals surface area contributed by atoms with E-state index in [1.54, 1.807) is 6.20 Å². The molecule has 0 saturated carbocycles. The maximum absolute atomic E-state index is 3.90. The average molecular weight is 268 g/mol. The monoisotopic (exact) mass is 266 g/mol. The third-order valence-electron chi connectivity index (χ3n) is 1.34. The Hall–Kier alpha value is 0.170. The Morgan fingerprint density at radius 2 is 2.50 bits per heavy atom. The first-order valence-corrected chi connectivity index (χ1v) is 4.92. The van der Waals surface area contributed by atoms with Crippen molar-refractivity contribution in [1.29, 1.82) is 0 Å². The van der Waals surface area contributed by atoms with Gasteiger partial charge >= 0.3 is 0 Å². The lowest BCUT2D eigenvalue weighted by Crippen LogP contribution is -1.95. The van der Waals surface area contributed by atoms with Gasteiger partial charge in [0.2, 0.25) is 0 Å². The number of H-pyrrole nitrogens is 1. The predicted octanol–water partition coefficient (Wildman–Crippen LogP) is 2.67. The van der Waals surface area contributed by atoms with Gasteiger partial charge in [0.05, 0.1) is 16.4 Å². The summed E-state index contributed by atoms with van der Waals surface area (Å²) < 4.78 is 1.06. The van der Waals surface area contributed by atoms with E-state index in [-0.39, 0.29) is 0 Å². The molecule has 1 rings (SSSR count). The molecule has 0 amide bonds. The van der Waals surface area contributed by atoms with Crippen molar-refractivity contribution in [1.82, 2.24) is 10.2 Å². The molecule has 1 aromatic rings. The predicted molar refractivity (Wildman–Crippen MR) is 48.5 cm³/mol. The molecular formula is C6H8Br2N2. The summed E-state index contributed by atoms with van der Waals surface area (Å²) in [6, 6.07) is 0. The van der Waals surface area contributed by atoms with E-state index in [2.05, 4.69) is 49.0 Å². The first kappa shape index (κ1) is 8.27. The van der Waals surface area contributed by atoms with Gasteiger partial charge in [-0.05, 0) is 15.9 Å². The first-order valence-electron chi connectivity index (χ1n) is 3.00. The molecule has 56 valence electrons. The molecule has 10 heavy (non-hydrogen) atoms. The molecule has 0 aliphatic heterocycles. The first-order chi connectivity index (χ1) is 4.75. The topological polar surface area (TPSA) is 28.7 Å². The summed E-state index contributed by atoms with van der Waals surface area (Å²) in [7, 11) is 0. The number of hydrogen-bond acceptors (Lipinski definition) is 1. The molecule has 0 aromatic carbocycles. The quantitative estimate of drug-likeness (QED) is 0.820. The Morgan fingerprint density at radius 1 is 1.80 bits per heavy atom. The van der Waals surface area contributed by atoms with Crippen LogP contribution in [0.3, 0.4) is 0 Å². The van der Waals surface area contributed by atoms with Gasteiger partial charge in [-0.15, -0.1) is 0 Å². The second-order valence-corrected chi connectivity index (χ2v) is 3.69. The Balaban J connectivity index is 2.82. The van der Waals surface area contributed by atoms with Gasteiger partial charge in [-0.1, -0.05) is 22.9 Å². The average Bonchev–Trinajstić information content (AvgIpc) is 2.34. The molecule has 0 spiro atoms. The van der Waals surface area contributed by atoms with Gasteiger partial charge in [-0.2, -0.15) is 5.10 Å². The van der Waals surface area contributed by atoms with Crippen LogP contribution in [0.5, 0.6) is 0 Å². The van der Waals surface area contributed by atoms with E-state index in [0.29, 0.717) is 5.92 Å². The van der Waals surface area contributed by atoms with E-state index in [4.69, 9.17) is 0 Å². The molecule has 1 heterocycles. The van der Waals surface area contributed by atoms with Crippen LogP contribution in [0, 0.1) is 0 Å². The molecule has 0 bridgehead atoms. The molecule has 0 saturated heterocycles. The number of nitrogens with one attached hydrogen (secondary N) is 1. The standard InChI is InChI=1S/C6H8Br2N2/c1-4(2-7)6-5(8)3-9-10-6/h3-4H,2H2,1H3,(H,9,10). The number of halogens is 2. The third kappa shape index (κ3) is 1.61. The fourth-order valence-electron chi connectivity index (χ4n) is 0.704. The van der Waals surface area contributed by atoms with Crippen LogP contribution in [-0.2, 0) is 0 Å². The van der Waals surface area contributed by atoms with E-state index in [9.17, 15) is 0 Å². The normalized spacial score (nSPS) is 13.5. The smallest absolute Gasteiger partial charge is 0.0632 e. The molecule has 0 radical (unpaired) electrons. The Kier molecular flexibility index (Phi) is 2.92. The van der Waals surface area contributed by atoms with Gasteiger partial charge in [-0.25, -0.2) is 0 Å². The van der Waals surface area contributed by atoms with Gasteiger partial charge in [0.25, 0.3) is 0 Å². The molecule has 0 aliphatic carbocycles. The fourth-order valence-corrected chi connectivity index (χ4v) is 1.61. The van der Waals surface area contributed by atoms with Crippen LogP contribution in [0.25, 0.3) is 0 Å². The summed E-state index contributed by atoms with van der Waals surface area (Å²) in [5, 5.41) is 7.78. The van der Waals surface area contributed by atoms with E-state index >= 15 is 0 Å². The van der Waals surface area contributed by atoms with E-state index in [1.165, 1.54) is 0 Å². The molecule has 4 heteroatoms.